The lowest BCUT2D eigenvalue weighted by molar-refractivity contribution is 0.644. The highest BCUT2D eigenvalue weighted by Crippen LogP contribution is 2.25. The summed E-state index contributed by atoms with van der Waals surface area (Å²) >= 11 is 1.63. The molecule has 0 amide bonds. The molecule has 0 aliphatic carbocycles. The van der Waals surface area contributed by atoms with E-state index in [1.807, 2.05) is 26.4 Å². The predicted octanol–water partition coefficient (Wildman–Crippen LogP) is 0.738. The zero-order chi connectivity index (χ0) is 10.8. The third-order valence-corrected chi connectivity index (χ3v) is 3.13. The molecule has 0 spiro atoms. The minimum Gasteiger partial charge on any atom is -0.275 e. The Morgan fingerprint density at radius 3 is 2.80 bits per heavy atom. The number of thiazole rings is 1. The summed E-state index contributed by atoms with van der Waals surface area (Å²) in [5.41, 5.74) is 3.82. The van der Waals surface area contributed by atoms with E-state index in [-0.39, 0.29) is 6.04 Å². The third kappa shape index (κ3) is 2.06. The van der Waals surface area contributed by atoms with Crippen molar-refractivity contribution in [1.29, 1.82) is 0 Å². The second-order valence-electron chi connectivity index (χ2n) is 3.33. The summed E-state index contributed by atoms with van der Waals surface area (Å²) in [6.45, 7) is 1.98. The summed E-state index contributed by atoms with van der Waals surface area (Å²) in [6, 6.07) is -0.0232. The normalized spacial score (nSPS) is 13.0. The average molecular weight is 223 g/mol. The number of aromatic nitrogens is 3. The molecule has 0 aromatic carbocycles. The fraction of sp³-hybridized carbons (Fsp3) is 0.333. The molecule has 0 radical (unpaired) electrons. The minimum absolute atomic E-state index is 0.0232. The van der Waals surface area contributed by atoms with Gasteiger partial charge in [-0.25, -0.2) is 10.4 Å². The Kier molecular flexibility index (Phi) is 2.81. The number of hydrazine groups is 1. The zero-order valence-electron chi connectivity index (χ0n) is 8.64. The topological polar surface area (TPSA) is 68.8 Å². The first kappa shape index (κ1) is 10.3. The van der Waals surface area contributed by atoms with Crippen molar-refractivity contribution < 1.29 is 0 Å². The zero-order valence-corrected chi connectivity index (χ0v) is 9.45. The van der Waals surface area contributed by atoms with Gasteiger partial charge in [0.15, 0.2) is 0 Å². The van der Waals surface area contributed by atoms with Gasteiger partial charge in [0.05, 0.1) is 17.2 Å². The van der Waals surface area contributed by atoms with Crippen LogP contribution >= 0.6 is 11.3 Å². The smallest absolute Gasteiger partial charge is 0.0897 e. The maximum absolute atomic E-state index is 5.55. The Bertz CT molecular complexity index is 407. The first-order valence-corrected chi connectivity index (χ1v) is 5.39. The van der Waals surface area contributed by atoms with E-state index in [1.165, 1.54) is 0 Å². The second-order valence-corrected chi connectivity index (χ2v) is 4.60. The van der Waals surface area contributed by atoms with Gasteiger partial charge >= 0.3 is 0 Å². The van der Waals surface area contributed by atoms with Crippen molar-refractivity contribution in [2.45, 2.75) is 13.0 Å². The van der Waals surface area contributed by atoms with Crippen LogP contribution in [-0.4, -0.2) is 14.8 Å². The highest BCUT2D eigenvalue weighted by atomic mass is 32.1. The third-order valence-electron chi connectivity index (χ3n) is 2.15. The molecule has 2 heterocycles. The lowest BCUT2D eigenvalue weighted by Crippen LogP contribution is -2.27. The Morgan fingerprint density at radius 1 is 1.53 bits per heavy atom. The molecule has 0 aliphatic heterocycles. The van der Waals surface area contributed by atoms with Crippen molar-refractivity contribution in [2.24, 2.45) is 12.9 Å². The molecule has 5 nitrogen and oxygen atoms in total. The molecule has 80 valence electrons. The second kappa shape index (κ2) is 4.09. The van der Waals surface area contributed by atoms with E-state index in [0.29, 0.717) is 0 Å². The molecule has 1 atom stereocenters. The number of hydrogen-bond acceptors (Lipinski definition) is 5. The molecule has 0 saturated carbocycles. The largest absolute Gasteiger partial charge is 0.275 e. The molecule has 2 rings (SSSR count). The average Bonchev–Trinajstić information content (AvgIpc) is 2.78. The number of nitrogens with one attached hydrogen (secondary N) is 1. The summed E-state index contributed by atoms with van der Waals surface area (Å²) < 4.78 is 1.76. The number of aryl methyl sites for hydroxylation is 2. The summed E-state index contributed by atoms with van der Waals surface area (Å²) in [5, 5.41) is 5.16. The van der Waals surface area contributed by atoms with E-state index >= 15 is 0 Å². The molecule has 15 heavy (non-hydrogen) atoms. The molecule has 2 aromatic rings. The SMILES string of the molecule is Cc1ncc(C(NN)c2cnn(C)c2)s1. The van der Waals surface area contributed by atoms with E-state index in [1.54, 1.807) is 22.2 Å². The van der Waals surface area contributed by atoms with Gasteiger partial charge in [0.25, 0.3) is 0 Å². The van der Waals surface area contributed by atoms with Crippen LogP contribution in [0.2, 0.25) is 0 Å². The highest BCUT2D eigenvalue weighted by molar-refractivity contribution is 7.11. The molecular weight excluding hydrogens is 210 g/mol. The van der Waals surface area contributed by atoms with Gasteiger partial charge in [-0.3, -0.25) is 10.5 Å². The van der Waals surface area contributed by atoms with Crippen LogP contribution in [0.4, 0.5) is 0 Å². The first-order chi connectivity index (χ1) is 7.20. The fourth-order valence-electron chi connectivity index (χ4n) is 1.44. The van der Waals surface area contributed by atoms with Crippen molar-refractivity contribution in [2.75, 3.05) is 0 Å². The lowest BCUT2D eigenvalue weighted by Gasteiger charge is -2.10. The molecule has 2 aromatic heterocycles. The molecule has 0 saturated heterocycles. The van der Waals surface area contributed by atoms with E-state index in [0.717, 1.165) is 15.4 Å². The lowest BCUT2D eigenvalue weighted by atomic mass is 10.1. The number of rotatable bonds is 3. The van der Waals surface area contributed by atoms with Crippen molar-refractivity contribution in [1.82, 2.24) is 20.2 Å². The van der Waals surface area contributed by atoms with Crippen LogP contribution < -0.4 is 11.3 Å². The Morgan fingerprint density at radius 2 is 2.33 bits per heavy atom. The van der Waals surface area contributed by atoms with Crippen molar-refractivity contribution in [3.05, 3.63) is 34.0 Å². The van der Waals surface area contributed by atoms with Crippen LogP contribution in [0, 0.1) is 6.92 Å². The molecular formula is C9H13N5S. The van der Waals surface area contributed by atoms with Crippen LogP contribution in [-0.2, 0) is 7.05 Å². The molecule has 0 aliphatic rings. The minimum atomic E-state index is -0.0232. The molecule has 1 unspecified atom stereocenters. The molecule has 6 heteroatoms. The Labute approximate surface area is 91.9 Å². The molecule has 0 bridgehead atoms. The number of nitrogens with zero attached hydrogens (tertiary/aromatic N) is 3. The van der Waals surface area contributed by atoms with Crippen molar-refractivity contribution in [3.8, 4) is 0 Å². The summed E-state index contributed by atoms with van der Waals surface area (Å²) in [7, 11) is 1.88. The van der Waals surface area contributed by atoms with Crippen LogP contribution in [0.25, 0.3) is 0 Å². The monoisotopic (exact) mass is 223 g/mol. The van der Waals surface area contributed by atoms with Crippen LogP contribution in [0.1, 0.15) is 21.5 Å². The van der Waals surface area contributed by atoms with Crippen LogP contribution in [0.3, 0.4) is 0 Å². The summed E-state index contributed by atoms with van der Waals surface area (Å²) in [6.07, 6.45) is 5.59. The van der Waals surface area contributed by atoms with Gasteiger partial charge in [-0.15, -0.1) is 11.3 Å². The predicted molar refractivity (Wildman–Crippen MR) is 59.2 cm³/mol. The van der Waals surface area contributed by atoms with E-state index in [2.05, 4.69) is 15.5 Å². The van der Waals surface area contributed by atoms with Gasteiger partial charge < -0.3 is 0 Å². The quantitative estimate of drug-likeness (QED) is 0.595. The standard InChI is InChI=1S/C9H13N5S/c1-6-11-4-8(15-6)9(13-10)7-3-12-14(2)5-7/h3-5,9,13H,10H2,1-2H3. The van der Waals surface area contributed by atoms with E-state index in [4.69, 9.17) is 5.84 Å². The molecule has 3 N–H and O–H groups in total. The van der Waals surface area contributed by atoms with Gasteiger partial charge in [0, 0.05) is 29.9 Å². The van der Waals surface area contributed by atoms with Crippen molar-refractivity contribution in [3.63, 3.8) is 0 Å². The van der Waals surface area contributed by atoms with Crippen LogP contribution in [0.5, 0.6) is 0 Å². The van der Waals surface area contributed by atoms with Gasteiger partial charge in [-0.1, -0.05) is 0 Å². The van der Waals surface area contributed by atoms with Crippen molar-refractivity contribution >= 4 is 11.3 Å². The van der Waals surface area contributed by atoms with Gasteiger partial charge in [0.1, 0.15) is 0 Å². The fourth-order valence-corrected chi connectivity index (χ4v) is 2.32. The number of hydrogen-bond donors (Lipinski definition) is 2. The van der Waals surface area contributed by atoms with Gasteiger partial charge in [-0.2, -0.15) is 5.10 Å². The van der Waals surface area contributed by atoms with E-state index in [9.17, 15) is 0 Å². The summed E-state index contributed by atoms with van der Waals surface area (Å²) in [5.74, 6) is 5.55. The number of nitrogens with two attached hydrogens (primary N) is 1. The maximum atomic E-state index is 5.55. The van der Waals surface area contributed by atoms with Gasteiger partial charge in [-0.05, 0) is 6.92 Å². The van der Waals surface area contributed by atoms with Crippen LogP contribution in [0.15, 0.2) is 18.6 Å². The molecule has 0 fully saturated rings. The maximum Gasteiger partial charge on any atom is 0.0897 e. The summed E-state index contributed by atoms with van der Waals surface area (Å²) in [4.78, 5) is 5.31. The Hall–Kier alpha value is -1.24. The highest BCUT2D eigenvalue weighted by Gasteiger charge is 2.16. The van der Waals surface area contributed by atoms with Gasteiger partial charge in [0.2, 0.25) is 0 Å². The Balaban J connectivity index is 2.32. The first-order valence-electron chi connectivity index (χ1n) is 4.57. The van der Waals surface area contributed by atoms with E-state index < -0.39 is 0 Å².